The minimum Gasteiger partial charge on any atom is -0.264 e. The van der Waals surface area contributed by atoms with Crippen LogP contribution in [0.2, 0.25) is 0 Å². The molecule has 0 N–H and O–H groups in total. The molecule has 0 saturated heterocycles. The summed E-state index contributed by atoms with van der Waals surface area (Å²) >= 11 is 1.78. The molecule has 2 heteroatoms. The van der Waals surface area contributed by atoms with E-state index < -0.39 is 0 Å². The van der Waals surface area contributed by atoms with Gasteiger partial charge >= 0.3 is 0 Å². The van der Waals surface area contributed by atoms with Gasteiger partial charge in [0.05, 0.1) is 0 Å². The lowest BCUT2D eigenvalue weighted by atomic mass is 10.1. The minimum absolute atomic E-state index is 1.23. The van der Waals surface area contributed by atoms with Gasteiger partial charge in [0.15, 0.2) is 0 Å². The second-order valence-electron chi connectivity index (χ2n) is 3.09. The summed E-state index contributed by atoms with van der Waals surface area (Å²) in [5.41, 5.74) is 4.38. The largest absolute Gasteiger partial charge is 0.264 e. The summed E-state index contributed by atoms with van der Waals surface area (Å²) in [6.07, 6.45) is 11.8. The summed E-state index contributed by atoms with van der Waals surface area (Å²) in [5.74, 6) is 0. The van der Waals surface area contributed by atoms with Gasteiger partial charge in [-0.3, -0.25) is 4.98 Å². The third-order valence-corrected chi connectivity index (χ3v) is 3.36. The number of fused-ring (bicyclic) bond motifs is 3. The van der Waals surface area contributed by atoms with Gasteiger partial charge in [0.1, 0.15) is 0 Å². The van der Waals surface area contributed by atoms with Gasteiger partial charge in [0, 0.05) is 32.9 Å². The highest BCUT2D eigenvalue weighted by Gasteiger charge is 2.07. The Morgan fingerprint density at radius 2 is 2.36 bits per heavy atom. The van der Waals surface area contributed by atoms with Crippen LogP contribution in [0.5, 0.6) is 0 Å². The number of nitrogens with zero attached hydrogens (tertiary/aromatic N) is 1. The van der Waals surface area contributed by atoms with E-state index >= 15 is 0 Å². The van der Waals surface area contributed by atoms with Crippen molar-refractivity contribution in [3.05, 3.63) is 46.8 Å². The second kappa shape index (κ2) is 2.95. The van der Waals surface area contributed by atoms with Gasteiger partial charge in [-0.25, -0.2) is 0 Å². The molecule has 0 aliphatic heterocycles. The SMILES string of the molecule is C1=CC=Cc2c(sc3ccncc23)C=1. The van der Waals surface area contributed by atoms with Gasteiger partial charge in [-0.2, -0.15) is 0 Å². The van der Waals surface area contributed by atoms with Crippen LogP contribution in [0.4, 0.5) is 0 Å². The molecule has 3 rings (SSSR count). The molecule has 0 spiro atoms. The molecule has 66 valence electrons. The Morgan fingerprint density at radius 3 is 3.36 bits per heavy atom. The predicted octanol–water partition coefficient (Wildman–Crippen LogP) is 3.49. The van der Waals surface area contributed by atoms with E-state index in [1.165, 1.54) is 20.5 Å². The lowest BCUT2D eigenvalue weighted by Gasteiger charge is -1.90. The van der Waals surface area contributed by atoms with Crippen LogP contribution in [0.25, 0.3) is 22.2 Å². The number of aromatic nitrogens is 1. The molecule has 0 atom stereocenters. The predicted molar refractivity (Wildman–Crippen MR) is 61.2 cm³/mol. The molecule has 0 aromatic carbocycles. The van der Waals surface area contributed by atoms with Crippen molar-refractivity contribution in [2.24, 2.45) is 0 Å². The molecule has 0 fully saturated rings. The van der Waals surface area contributed by atoms with E-state index in [1.54, 1.807) is 11.3 Å². The second-order valence-corrected chi connectivity index (χ2v) is 4.17. The van der Waals surface area contributed by atoms with Crippen molar-refractivity contribution in [2.45, 2.75) is 0 Å². The van der Waals surface area contributed by atoms with Crippen molar-refractivity contribution in [2.75, 3.05) is 0 Å². The first-order valence-electron chi connectivity index (χ1n) is 4.41. The Balaban J connectivity index is 2.46. The molecule has 0 bridgehead atoms. The van der Waals surface area contributed by atoms with E-state index in [0.29, 0.717) is 0 Å². The fourth-order valence-electron chi connectivity index (χ4n) is 1.58. The van der Waals surface area contributed by atoms with Crippen molar-refractivity contribution in [1.29, 1.82) is 0 Å². The minimum atomic E-state index is 1.23. The topological polar surface area (TPSA) is 12.9 Å². The molecule has 2 heterocycles. The van der Waals surface area contributed by atoms with Crippen LogP contribution in [-0.2, 0) is 0 Å². The molecule has 2 aromatic heterocycles. The number of pyridine rings is 1. The fraction of sp³-hybridized carbons (Fsp3) is 0. The summed E-state index contributed by atoms with van der Waals surface area (Å²) in [7, 11) is 0. The van der Waals surface area contributed by atoms with E-state index in [9.17, 15) is 0 Å². The van der Waals surface area contributed by atoms with Gasteiger partial charge in [0.25, 0.3) is 0 Å². The van der Waals surface area contributed by atoms with Gasteiger partial charge in [-0.05, 0) is 18.2 Å². The molecule has 2 aromatic rings. The molecule has 0 saturated carbocycles. The molecule has 1 nitrogen and oxygen atoms in total. The van der Waals surface area contributed by atoms with Gasteiger partial charge in [-0.1, -0.05) is 12.2 Å². The first kappa shape index (κ1) is 7.74. The van der Waals surface area contributed by atoms with Crippen LogP contribution < -0.4 is 0 Å². The van der Waals surface area contributed by atoms with Crippen molar-refractivity contribution >= 4 is 33.6 Å². The first-order chi connectivity index (χ1) is 6.95. The van der Waals surface area contributed by atoms with E-state index in [2.05, 4.69) is 22.9 Å². The zero-order valence-corrected chi connectivity index (χ0v) is 8.21. The van der Waals surface area contributed by atoms with Gasteiger partial charge < -0.3 is 0 Å². The Morgan fingerprint density at radius 1 is 1.36 bits per heavy atom. The summed E-state index contributed by atoms with van der Waals surface area (Å²) in [4.78, 5) is 5.41. The smallest absolute Gasteiger partial charge is 0.0433 e. The highest BCUT2D eigenvalue weighted by Crippen LogP contribution is 2.33. The summed E-state index contributed by atoms with van der Waals surface area (Å²) in [6, 6.07) is 2.06. The monoisotopic (exact) mass is 197 g/mol. The summed E-state index contributed by atoms with van der Waals surface area (Å²) in [5, 5.41) is 1.23. The number of hydrogen-bond acceptors (Lipinski definition) is 2. The van der Waals surface area contributed by atoms with Crippen LogP contribution >= 0.6 is 11.3 Å². The Labute approximate surface area is 85.7 Å². The highest BCUT2D eigenvalue weighted by molar-refractivity contribution is 7.20. The zero-order valence-electron chi connectivity index (χ0n) is 7.40. The molecule has 1 aliphatic carbocycles. The average Bonchev–Trinajstić information content (AvgIpc) is 2.42. The van der Waals surface area contributed by atoms with Crippen molar-refractivity contribution < 1.29 is 0 Å². The van der Waals surface area contributed by atoms with Gasteiger partial charge in [-0.15, -0.1) is 17.1 Å². The Hall–Kier alpha value is -1.63. The van der Waals surface area contributed by atoms with Crippen molar-refractivity contribution in [3.63, 3.8) is 0 Å². The maximum Gasteiger partial charge on any atom is 0.0433 e. The van der Waals surface area contributed by atoms with Crippen LogP contribution in [0.3, 0.4) is 0 Å². The first-order valence-corrected chi connectivity index (χ1v) is 5.22. The third kappa shape index (κ3) is 1.06. The third-order valence-electron chi connectivity index (χ3n) is 2.23. The molecule has 0 unspecified atom stereocenters. The molecule has 14 heavy (non-hydrogen) atoms. The van der Waals surface area contributed by atoms with E-state index in [0.717, 1.165) is 0 Å². The molecule has 0 radical (unpaired) electrons. The number of thiophene rings is 1. The highest BCUT2D eigenvalue weighted by atomic mass is 32.1. The number of hydrogen-bond donors (Lipinski definition) is 0. The van der Waals surface area contributed by atoms with Crippen LogP contribution in [-0.4, -0.2) is 4.98 Å². The quantitative estimate of drug-likeness (QED) is 0.589. The van der Waals surface area contributed by atoms with Crippen molar-refractivity contribution in [3.8, 4) is 0 Å². The average molecular weight is 197 g/mol. The lowest BCUT2D eigenvalue weighted by Crippen LogP contribution is -1.72. The molecular weight excluding hydrogens is 190 g/mol. The van der Waals surface area contributed by atoms with E-state index in [4.69, 9.17) is 0 Å². The molecule has 1 aliphatic rings. The van der Waals surface area contributed by atoms with E-state index in [-0.39, 0.29) is 0 Å². The van der Waals surface area contributed by atoms with E-state index in [1.807, 2.05) is 30.6 Å². The van der Waals surface area contributed by atoms with Crippen LogP contribution in [0.1, 0.15) is 10.4 Å². The normalized spacial score (nSPS) is 13.1. The Kier molecular flexibility index (Phi) is 1.63. The standard InChI is InChI=1S/C12H7NS/c1-2-4-9-10-8-13-7-6-12(10)14-11(9)5-3-1/h1-2,4-8H. The zero-order chi connectivity index (χ0) is 9.38. The van der Waals surface area contributed by atoms with Crippen LogP contribution in [0, 0.1) is 0 Å². The molecule has 0 amide bonds. The number of rotatable bonds is 0. The summed E-state index contributed by atoms with van der Waals surface area (Å²) in [6.45, 7) is 0. The number of allylic oxidation sites excluding steroid dienone is 2. The fourth-order valence-corrected chi connectivity index (χ4v) is 2.64. The van der Waals surface area contributed by atoms with Crippen LogP contribution in [0.15, 0.2) is 36.3 Å². The van der Waals surface area contributed by atoms with Gasteiger partial charge in [0.2, 0.25) is 0 Å². The maximum absolute atomic E-state index is 4.15. The Bertz CT molecular complexity index is 583. The lowest BCUT2D eigenvalue weighted by molar-refractivity contribution is 1.37. The maximum atomic E-state index is 4.15. The van der Waals surface area contributed by atoms with Crippen molar-refractivity contribution in [1.82, 2.24) is 4.98 Å². The summed E-state index contributed by atoms with van der Waals surface area (Å²) < 4.78 is 1.29. The molecular formula is C12H7NS.